The quantitative estimate of drug-likeness (QED) is 0.450. The average molecular weight is 228 g/mol. The Morgan fingerprint density at radius 3 is 1.25 bits per heavy atom. The first kappa shape index (κ1) is 31.0. The normalized spacial score (nSPS) is 0. The molecule has 0 aliphatic heterocycles. The number of rotatable bonds is 0. The van der Waals surface area contributed by atoms with E-state index in [9.17, 15) is 0 Å². The Bertz CT molecular complexity index is 13.5. The first-order valence-corrected chi connectivity index (χ1v) is 0. The fourth-order valence-electron chi connectivity index (χ4n) is 0. The van der Waals surface area contributed by atoms with Gasteiger partial charge in [-0.15, -0.1) is 0 Å². The minimum atomic E-state index is 0. The van der Waals surface area contributed by atoms with Gasteiger partial charge in [-0.3, -0.25) is 0 Å². The minimum absolute atomic E-state index is 0. The molecule has 4 heteroatoms. The molecule has 0 rings (SSSR count). The third-order valence-corrected chi connectivity index (χ3v) is 0. The second-order valence-electron chi connectivity index (χ2n) is 0. The molecule has 0 amide bonds. The molecule has 0 saturated carbocycles. The molecule has 0 bridgehead atoms. The van der Waals surface area contributed by atoms with Gasteiger partial charge in [0.1, 0.15) is 0 Å². The van der Waals surface area contributed by atoms with Crippen molar-refractivity contribution in [3.63, 3.8) is 0 Å². The summed E-state index contributed by atoms with van der Waals surface area (Å²) in [6, 6.07) is 0. The van der Waals surface area contributed by atoms with E-state index in [1.54, 1.807) is 0 Å². The van der Waals surface area contributed by atoms with Gasteiger partial charge < -0.3 is 2.85 Å². The molecule has 0 aromatic carbocycles. The van der Waals surface area contributed by atoms with Crippen LogP contribution in [-0.2, 0) is 39.4 Å². The van der Waals surface area contributed by atoms with Crippen molar-refractivity contribution >= 4 is 40.4 Å². The van der Waals surface area contributed by atoms with Gasteiger partial charge in [0.2, 0.25) is 0 Å². The van der Waals surface area contributed by atoms with Gasteiger partial charge in [-0.25, -0.2) is 0 Å². The van der Waals surface area contributed by atoms with Crippen molar-refractivity contribution in [3.05, 3.63) is 0 Å². The van der Waals surface area contributed by atoms with E-state index in [1.165, 1.54) is 0 Å². The van der Waals surface area contributed by atoms with E-state index in [4.69, 9.17) is 0 Å². The molecule has 0 aromatic heterocycles. The average Bonchev–Trinajstić information content (AvgIpc) is 0. The van der Waals surface area contributed by atoms with E-state index in [1.807, 2.05) is 0 Å². The molecular weight excluding hydrogens is 223 g/mol. The van der Waals surface area contributed by atoms with E-state index in [0.29, 0.717) is 0 Å². The van der Waals surface area contributed by atoms with Gasteiger partial charge in [-0.2, -0.15) is 0 Å². The van der Waals surface area contributed by atoms with Crippen molar-refractivity contribution in [2.45, 2.75) is 0 Å². The van der Waals surface area contributed by atoms with E-state index in [2.05, 4.69) is 0 Å². The molecule has 0 heterocycles. The molecule has 0 spiro atoms. The summed E-state index contributed by atoms with van der Waals surface area (Å²) in [5.41, 5.74) is 0. The first-order chi connectivity index (χ1) is 0. The smallest absolute Gasteiger partial charge is 1.00 e. The Kier molecular flexibility index (Phi) is 137. The Morgan fingerprint density at radius 2 is 1.25 bits per heavy atom. The van der Waals surface area contributed by atoms with Gasteiger partial charge in [0.25, 0.3) is 0 Å². The van der Waals surface area contributed by atoms with Crippen LogP contribution in [0.1, 0.15) is 2.85 Å². The zero-order valence-electron chi connectivity index (χ0n) is 3.31. The van der Waals surface area contributed by atoms with Gasteiger partial charge >= 0.3 is 23.1 Å². The second-order valence-corrected chi connectivity index (χ2v) is 0. The SMILES string of the molecule is [Ag].[AlH3].[Cu].[H-].[H-].[Mg+2]. The summed E-state index contributed by atoms with van der Waals surface area (Å²) in [6.45, 7) is 0. The largest absolute Gasteiger partial charge is 2.00 e. The van der Waals surface area contributed by atoms with E-state index >= 15 is 0 Å². The molecule has 32 valence electrons. The fourth-order valence-corrected chi connectivity index (χ4v) is 0. The van der Waals surface area contributed by atoms with E-state index in [0.717, 1.165) is 0 Å². The van der Waals surface area contributed by atoms with Crippen molar-refractivity contribution in [3.8, 4) is 0 Å². The number of hydrogen-bond donors (Lipinski definition) is 0. The summed E-state index contributed by atoms with van der Waals surface area (Å²) in [5.74, 6) is 0. The molecule has 0 aliphatic rings. The van der Waals surface area contributed by atoms with Crippen LogP contribution in [0.4, 0.5) is 0 Å². The summed E-state index contributed by atoms with van der Waals surface area (Å²) < 4.78 is 0. The van der Waals surface area contributed by atoms with Gasteiger partial charge in [0.05, 0.1) is 0 Å². The summed E-state index contributed by atoms with van der Waals surface area (Å²) in [4.78, 5) is 0. The van der Waals surface area contributed by atoms with Gasteiger partial charge in [0, 0.05) is 39.4 Å². The van der Waals surface area contributed by atoms with Gasteiger partial charge in [0.15, 0.2) is 17.4 Å². The van der Waals surface area contributed by atoms with Crippen molar-refractivity contribution in [2.24, 2.45) is 0 Å². The van der Waals surface area contributed by atoms with Crippen LogP contribution in [0.3, 0.4) is 0 Å². The summed E-state index contributed by atoms with van der Waals surface area (Å²) in [6.07, 6.45) is 0. The predicted octanol–water partition coefficient (Wildman–Crippen LogP) is -1.34. The number of hydrogen-bond acceptors (Lipinski definition) is 0. The van der Waals surface area contributed by atoms with Crippen molar-refractivity contribution in [1.82, 2.24) is 0 Å². The van der Waals surface area contributed by atoms with Crippen molar-refractivity contribution in [2.75, 3.05) is 0 Å². The molecule has 0 nitrogen and oxygen atoms in total. The van der Waals surface area contributed by atoms with Crippen molar-refractivity contribution in [1.29, 1.82) is 0 Å². The minimum Gasteiger partial charge on any atom is -1.00 e. The van der Waals surface area contributed by atoms with Gasteiger partial charge in [-0.05, 0) is 0 Å². The van der Waals surface area contributed by atoms with Crippen LogP contribution in [0.5, 0.6) is 0 Å². The summed E-state index contributed by atoms with van der Waals surface area (Å²) in [7, 11) is 0. The fraction of sp³-hybridized carbons (Fsp3) is 0. The molecule has 0 aromatic rings. The van der Waals surface area contributed by atoms with Crippen LogP contribution in [0.2, 0.25) is 0 Å². The van der Waals surface area contributed by atoms with Crippen LogP contribution in [0, 0.1) is 0 Å². The molecule has 0 unspecified atom stereocenters. The summed E-state index contributed by atoms with van der Waals surface area (Å²) in [5, 5.41) is 0. The molecule has 0 saturated heterocycles. The van der Waals surface area contributed by atoms with E-state index in [-0.39, 0.29) is 82.7 Å². The van der Waals surface area contributed by atoms with Crippen LogP contribution < -0.4 is 0 Å². The Labute approximate surface area is 81.7 Å². The molecule has 0 fully saturated rings. The molecule has 2 radical (unpaired) electrons. The standard InChI is InChI=1S/Ag.Al.Cu.Mg.5H/q;;;+2;;;;2*-1. The first-order valence-electron chi connectivity index (χ1n) is 0. The van der Waals surface area contributed by atoms with Crippen LogP contribution in [-0.4, -0.2) is 40.4 Å². The Hall–Kier alpha value is 2.56. The van der Waals surface area contributed by atoms with Crippen LogP contribution >= 0.6 is 0 Å². The van der Waals surface area contributed by atoms with Crippen molar-refractivity contribution < 1.29 is 42.3 Å². The topological polar surface area (TPSA) is 0 Å². The monoisotopic (exact) mass is 226 g/mol. The maximum absolute atomic E-state index is 0. The maximum Gasteiger partial charge on any atom is 2.00 e. The molecule has 0 aliphatic carbocycles. The molecular formula is H5AgAlCuMg. The molecule has 0 N–H and O–H groups in total. The van der Waals surface area contributed by atoms with Crippen LogP contribution in [0.25, 0.3) is 0 Å². The molecule has 0 atom stereocenters. The third-order valence-electron chi connectivity index (χ3n) is 0. The predicted molar refractivity (Wildman–Crippen MR) is 17.9 cm³/mol. The van der Waals surface area contributed by atoms with Gasteiger partial charge in [-0.1, -0.05) is 0 Å². The zero-order chi connectivity index (χ0) is 0. The van der Waals surface area contributed by atoms with E-state index < -0.39 is 0 Å². The second kappa shape index (κ2) is 17.6. The zero-order valence-corrected chi connectivity index (χ0v) is 5.15. The third kappa shape index (κ3) is 8.82. The molecule has 4 heavy (non-hydrogen) atoms. The Balaban J connectivity index is 0. The van der Waals surface area contributed by atoms with Crippen LogP contribution in [0.15, 0.2) is 0 Å². The summed E-state index contributed by atoms with van der Waals surface area (Å²) >= 11 is 0. The maximum atomic E-state index is 0. The Morgan fingerprint density at radius 1 is 1.25 bits per heavy atom.